The number of aliphatic hydroxyl groups excluding tert-OH is 1. The van der Waals surface area contributed by atoms with Crippen molar-refractivity contribution in [1.82, 2.24) is 10.2 Å². The first-order chi connectivity index (χ1) is 18.0. The van der Waals surface area contributed by atoms with Gasteiger partial charge in [-0.2, -0.15) is 0 Å². The van der Waals surface area contributed by atoms with E-state index in [1.807, 2.05) is 51.8 Å². The van der Waals surface area contributed by atoms with E-state index in [1.165, 1.54) is 32.1 Å². The lowest BCUT2D eigenvalue weighted by Crippen LogP contribution is -2.42. The average Bonchev–Trinajstić information content (AvgIpc) is 2.91. The van der Waals surface area contributed by atoms with Crippen molar-refractivity contribution in [3.05, 3.63) is 70.2 Å². The summed E-state index contributed by atoms with van der Waals surface area (Å²) in [7, 11) is 4.71. The molecule has 0 radical (unpaired) electrons. The van der Waals surface area contributed by atoms with Gasteiger partial charge in [-0.3, -0.25) is 4.79 Å². The molecule has 4 N–H and O–H groups in total. The lowest BCUT2D eigenvalue weighted by atomic mass is 9.71. The van der Waals surface area contributed by atoms with Gasteiger partial charge in [-0.05, 0) is 81.1 Å². The van der Waals surface area contributed by atoms with E-state index in [-0.39, 0.29) is 11.8 Å². The fourth-order valence-electron chi connectivity index (χ4n) is 4.32. The largest absolute Gasteiger partial charge is 0.400 e. The molecule has 0 saturated carbocycles. The molecule has 7 nitrogen and oxygen atoms in total. The number of rotatable bonds is 5. The zero-order chi connectivity index (χ0) is 29.9. The van der Waals surface area contributed by atoms with Crippen molar-refractivity contribution in [2.45, 2.75) is 53.0 Å². The predicted octanol–water partition coefficient (Wildman–Crippen LogP) is 4.73. The van der Waals surface area contributed by atoms with Gasteiger partial charge < -0.3 is 30.6 Å². The summed E-state index contributed by atoms with van der Waals surface area (Å²) in [6.07, 6.45) is 2.02. The van der Waals surface area contributed by atoms with E-state index in [4.69, 9.17) is 21.5 Å². The normalized spacial score (nSPS) is 16.4. The summed E-state index contributed by atoms with van der Waals surface area (Å²) in [5.41, 5.74) is 7.90. The molecule has 0 aromatic heterocycles. The number of hydrogen-bond donors (Lipinski definition) is 3. The maximum absolute atomic E-state index is 11.8. The van der Waals surface area contributed by atoms with Crippen LogP contribution in [0.4, 0.5) is 0 Å². The number of halogens is 1. The summed E-state index contributed by atoms with van der Waals surface area (Å²) in [5, 5.41) is 10.5. The first-order valence-corrected chi connectivity index (χ1v) is 13.0. The van der Waals surface area contributed by atoms with E-state index in [0.717, 1.165) is 24.0 Å². The van der Waals surface area contributed by atoms with Crippen LogP contribution >= 0.6 is 11.6 Å². The molecule has 0 aliphatic carbocycles. The van der Waals surface area contributed by atoms with Crippen LogP contribution in [-0.4, -0.2) is 69.3 Å². The van der Waals surface area contributed by atoms with Crippen LogP contribution < -0.4 is 11.1 Å². The maximum Gasteiger partial charge on any atom is 0.251 e. The molecular formula is C30H48ClN3O4. The van der Waals surface area contributed by atoms with Gasteiger partial charge in [-0.1, -0.05) is 69.1 Å². The number of carbonyl (C=O) groups excluding carboxylic acids is 3. The smallest absolute Gasteiger partial charge is 0.251 e. The second kappa shape index (κ2) is 20.4. The molecule has 2 aromatic carbocycles. The lowest BCUT2D eigenvalue weighted by Gasteiger charge is -2.43. The van der Waals surface area contributed by atoms with Gasteiger partial charge >= 0.3 is 0 Å². The molecule has 1 aliphatic heterocycles. The second-order valence-electron chi connectivity index (χ2n) is 9.87. The van der Waals surface area contributed by atoms with E-state index in [2.05, 4.69) is 49.0 Å². The third kappa shape index (κ3) is 13.3. The summed E-state index contributed by atoms with van der Waals surface area (Å²) < 4.78 is 0. The Morgan fingerprint density at radius 3 is 2.16 bits per heavy atom. The Morgan fingerprint density at radius 2 is 1.71 bits per heavy atom. The molecule has 1 saturated heterocycles. The number of nitrogens with one attached hydrogen (secondary N) is 1. The summed E-state index contributed by atoms with van der Waals surface area (Å²) in [6.45, 7) is 14.8. The Hall–Kier alpha value is -2.58. The van der Waals surface area contributed by atoms with Gasteiger partial charge in [-0.15, -0.1) is 0 Å². The number of nitrogens with two attached hydrogens (primary N) is 1. The molecule has 2 unspecified atom stereocenters. The number of nitrogens with zero attached hydrogens (tertiary/aromatic N) is 1. The fourth-order valence-corrected chi connectivity index (χ4v) is 4.44. The van der Waals surface area contributed by atoms with Crippen molar-refractivity contribution in [2.24, 2.45) is 17.1 Å². The summed E-state index contributed by atoms with van der Waals surface area (Å²) in [5.74, 6) is 0.557. The summed E-state index contributed by atoms with van der Waals surface area (Å²) >= 11 is 5.94. The topological polar surface area (TPSA) is 113 Å². The number of likely N-dealkylation sites (tertiary alicyclic amines) is 1. The van der Waals surface area contributed by atoms with Gasteiger partial charge in [-0.25, -0.2) is 0 Å². The molecule has 38 heavy (non-hydrogen) atoms. The predicted molar refractivity (Wildman–Crippen MR) is 159 cm³/mol. The van der Waals surface area contributed by atoms with Crippen LogP contribution in [0, 0.1) is 18.3 Å². The molecule has 0 spiro atoms. The first-order valence-electron chi connectivity index (χ1n) is 12.6. The van der Waals surface area contributed by atoms with Gasteiger partial charge in [0.2, 0.25) is 0 Å². The van der Waals surface area contributed by atoms with Crippen LogP contribution in [-0.2, 0) is 9.59 Å². The molecule has 1 heterocycles. The molecular weight excluding hydrogens is 502 g/mol. The third-order valence-corrected chi connectivity index (χ3v) is 6.39. The van der Waals surface area contributed by atoms with E-state index < -0.39 is 6.04 Å². The Balaban J connectivity index is 0. The highest BCUT2D eigenvalue weighted by atomic mass is 35.5. The highest BCUT2D eigenvalue weighted by Crippen LogP contribution is 2.41. The molecule has 8 heteroatoms. The van der Waals surface area contributed by atoms with Crippen LogP contribution in [0.1, 0.15) is 61.5 Å². The first kappa shape index (κ1) is 37.6. The number of benzene rings is 2. The van der Waals surface area contributed by atoms with Gasteiger partial charge in [0.25, 0.3) is 5.91 Å². The quantitative estimate of drug-likeness (QED) is 0.465. The Kier molecular flexibility index (Phi) is 20.2. The summed E-state index contributed by atoms with van der Waals surface area (Å²) in [4.78, 5) is 33.0. The molecule has 2 aromatic rings. The monoisotopic (exact) mass is 549 g/mol. The molecule has 1 aliphatic rings. The number of aliphatic hydroxyl groups is 1. The van der Waals surface area contributed by atoms with Crippen molar-refractivity contribution in [3.8, 4) is 0 Å². The summed E-state index contributed by atoms with van der Waals surface area (Å²) in [6, 6.07) is 15.2. The highest BCUT2D eigenvalue weighted by Gasteiger charge is 2.35. The van der Waals surface area contributed by atoms with Gasteiger partial charge in [0.05, 0.1) is 6.04 Å². The van der Waals surface area contributed by atoms with Gasteiger partial charge in [0, 0.05) is 24.2 Å². The minimum Gasteiger partial charge on any atom is -0.400 e. The van der Waals surface area contributed by atoms with Crippen molar-refractivity contribution in [1.29, 1.82) is 0 Å². The van der Waals surface area contributed by atoms with E-state index in [9.17, 15) is 9.59 Å². The van der Waals surface area contributed by atoms with E-state index in [1.54, 1.807) is 12.1 Å². The molecule has 214 valence electrons. The van der Waals surface area contributed by atoms with Crippen LogP contribution in [0.2, 0.25) is 5.02 Å². The number of carbonyl (C=O) groups is 3. The van der Waals surface area contributed by atoms with Gasteiger partial charge in [0.15, 0.2) is 0 Å². The molecule has 1 amide bonds. The van der Waals surface area contributed by atoms with Gasteiger partial charge in [0.1, 0.15) is 13.1 Å². The fraction of sp³-hybridized carbons (Fsp3) is 0.500. The molecule has 1 fully saturated rings. The van der Waals surface area contributed by atoms with Crippen LogP contribution in [0.5, 0.6) is 0 Å². The van der Waals surface area contributed by atoms with Crippen molar-refractivity contribution >= 4 is 30.6 Å². The van der Waals surface area contributed by atoms with Crippen LogP contribution in [0.15, 0.2) is 48.5 Å². The maximum atomic E-state index is 11.8. The number of amides is 1. The van der Waals surface area contributed by atoms with E-state index >= 15 is 0 Å². The standard InChI is InChI=1S/C14H20ClN.C13H17NO2.CH5N.CH4O.CH2O/c1-14(2)10-16(3)9-8-13(14)11-4-6-12(15)7-5-11;1-9(2)12(8-15)14-13(16)11-6-4-5-10(3)7-11;3*1-2/h4-7,13H,8-10H2,1-3H3;4-9,12H,1-3H3,(H,14,16);2H2,1H3;2H,1H3;1H2. The number of hydrogen-bond acceptors (Lipinski definition) is 6. The number of aryl methyl sites for hydroxylation is 1. The molecule has 2 atom stereocenters. The van der Waals surface area contributed by atoms with E-state index in [0.29, 0.717) is 16.9 Å². The van der Waals surface area contributed by atoms with Crippen molar-refractivity contribution in [2.75, 3.05) is 34.3 Å². The second-order valence-corrected chi connectivity index (χ2v) is 10.3. The minimum absolute atomic E-state index is 0.103. The Labute approximate surface area is 234 Å². The minimum atomic E-state index is -0.423. The zero-order valence-electron chi connectivity index (χ0n) is 24.3. The molecule has 0 bridgehead atoms. The van der Waals surface area contributed by atoms with Crippen LogP contribution in [0.25, 0.3) is 0 Å². The zero-order valence-corrected chi connectivity index (χ0v) is 25.1. The molecule has 3 rings (SSSR count). The highest BCUT2D eigenvalue weighted by molar-refractivity contribution is 6.30. The number of aldehydes is 1. The SMILES string of the molecule is C=O.CN.CN1CCC(c2ccc(Cl)cc2)C(C)(C)C1.CO.Cc1cccc(C(=O)NC(C=O)C(C)C)c1. The Morgan fingerprint density at radius 1 is 1.16 bits per heavy atom. The van der Waals surface area contributed by atoms with Crippen molar-refractivity contribution < 1.29 is 19.5 Å². The lowest BCUT2D eigenvalue weighted by molar-refractivity contribution is -0.110. The Bertz CT molecular complexity index is 920. The third-order valence-electron chi connectivity index (χ3n) is 6.14. The van der Waals surface area contributed by atoms with Crippen LogP contribution in [0.3, 0.4) is 0 Å². The average molecular weight is 550 g/mol. The number of piperidine rings is 1. The van der Waals surface area contributed by atoms with Crippen molar-refractivity contribution in [3.63, 3.8) is 0 Å².